The Labute approximate surface area is 121 Å². The summed E-state index contributed by atoms with van der Waals surface area (Å²) in [5, 5.41) is 16.7. The fraction of sp³-hybridized carbons (Fsp3) is 0.333. The molecule has 1 fully saturated rings. The van der Waals surface area contributed by atoms with Crippen LogP contribution in [0.5, 0.6) is 0 Å². The maximum Gasteiger partial charge on any atom is 0.271 e. The number of aromatic nitrogens is 2. The molecule has 1 aromatic heterocycles. The molecular weight excluding hydrogens is 273 g/mol. The van der Waals surface area contributed by atoms with Crippen LogP contribution in [-0.2, 0) is 0 Å². The highest BCUT2D eigenvalue weighted by molar-refractivity contribution is 5.92. The van der Waals surface area contributed by atoms with Gasteiger partial charge in [-0.1, -0.05) is 6.07 Å². The number of nitrogens with zero attached hydrogens (tertiary/aromatic N) is 2. The van der Waals surface area contributed by atoms with Gasteiger partial charge in [0.15, 0.2) is 5.69 Å². The van der Waals surface area contributed by atoms with Gasteiger partial charge in [-0.05, 0) is 43.5 Å². The summed E-state index contributed by atoms with van der Waals surface area (Å²) in [4.78, 5) is 12.0. The van der Waals surface area contributed by atoms with E-state index in [0.29, 0.717) is 18.5 Å². The minimum atomic E-state index is -0.763. The topological polar surface area (TPSA) is 67.2 Å². The summed E-state index contributed by atoms with van der Waals surface area (Å²) in [7, 11) is 0. The Morgan fingerprint density at radius 1 is 1.43 bits per heavy atom. The molecule has 0 radical (unpaired) electrons. The van der Waals surface area contributed by atoms with Crippen molar-refractivity contribution in [2.45, 2.75) is 24.9 Å². The lowest BCUT2D eigenvalue weighted by Gasteiger charge is -2.36. The highest BCUT2D eigenvalue weighted by Gasteiger charge is 2.34. The molecule has 0 saturated heterocycles. The summed E-state index contributed by atoms with van der Waals surface area (Å²) in [6.45, 7) is 0.235. The molecule has 2 N–H and O–H groups in total. The van der Waals surface area contributed by atoms with Gasteiger partial charge in [-0.2, -0.15) is 5.10 Å². The van der Waals surface area contributed by atoms with Gasteiger partial charge in [-0.25, -0.2) is 9.07 Å². The molecule has 1 saturated carbocycles. The van der Waals surface area contributed by atoms with Gasteiger partial charge in [0.1, 0.15) is 5.82 Å². The van der Waals surface area contributed by atoms with Gasteiger partial charge in [0.2, 0.25) is 0 Å². The average Bonchev–Trinajstić information content (AvgIpc) is 2.92. The summed E-state index contributed by atoms with van der Waals surface area (Å²) in [5.74, 6) is -0.702. The lowest BCUT2D eigenvalue weighted by Crippen LogP contribution is -2.47. The highest BCUT2D eigenvalue weighted by atomic mass is 19.1. The van der Waals surface area contributed by atoms with Gasteiger partial charge in [0.05, 0.1) is 11.3 Å². The number of hydrogen-bond donors (Lipinski definition) is 2. The molecule has 6 heteroatoms. The van der Waals surface area contributed by atoms with E-state index in [1.807, 2.05) is 0 Å². The molecule has 0 spiro atoms. The molecule has 3 rings (SSSR count). The van der Waals surface area contributed by atoms with E-state index < -0.39 is 5.60 Å². The number of nitrogens with one attached hydrogen (secondary N) is 1. The van der Waals surface area contributed by atoms with E-state index in [0.717, 1.165) is 6.42 Å². The minimum absolute atomic E-state index is 0.235. The van der Waals surface area contributed by atoms with E-state index in [1.165, 1.54) is 16.8 Å². The van der Waals surface area contributed by atoms with Gasteiger partial charge in [-0.3, -0.25) is 4.79 Å². The van der Waals surface area contributed by atoms with Gasteiger partial charge in [0.25, 0.3) is 5.91 Å². The largest absolute Gasteiger partial charge is 0.388 e. The minimum Gasteiger partial charge on any atom is -0.388 e. The van der Waals surface area contributed by atoms with Crippen LogP contribution in [0.4, 0.5) is 4.39 Å². The molecule has 0 bridgehead atoms. The second kappa shape index (κ2) is 5.29. The van der Waals surface area contributed by atoms with Crippen molar-refractivity contribution in [3.8, 4) is 5.69 Å². The first kappa shape index (κ1) is 13.8. The second-order valence-corrected chi connectivity index (χ2v) is 5.39. The number of amides is 1. The molecule has 1 heterocycles. The van der Waals surface area contributed by atoms with Crippen LogP contribution in [0.25, 0.3) is 5.69 Å². The van der Waals surface area contributed by atoms with Crippen molar-refractivity contribution >= 4 is 5.91 Å². The first-order valence-electron chi connectivity index (χ1n) is 6.88. The third-order valence-electron chi connectivity index (χ3n) is 3.76. The number of rotatable bonds is 4. The molecule has 21 heavy (non-hydrogen) atoms. The van der Waals surface area contributed by atoms with E-state index in [4.69, 9.17) is 0 Å². The second-order valence-electron chi connectivity index (χ2n) is 5.39. The van der Waals surface area contributed by atoms with Crippen LogP contribution >= 0.6 is 0 Å². The monoisotopic (exact) mass is 289 g/mol. The van der Waals surface area contributed by atoms with Gasteiger partial charge < -0.3 is 10.4 Å². The molecule has 1 aromatic carbocycles. The Balaban J connectivity index is 1.68. The van der Waals surface area contributed by atoms with Gasteiger partial charge in [-0.15, -0.1) is 0 Å². The Bertz CT molecular complexity index is 664. The number of carbonyl (C=O) groups is 1. The first-order chi connectivity index (χ1) is 10.1. The van der Waals surface area contributed by atoms with E-state index in [-0.39, 0.29) is 24.0 Å². The molecule has 1 aliphatic carbocycles. The fourth-order valence-electron chi connectivity index (χ4n) is 2.30. The van der Waals surface area contributed by atoms with Gasteiger partial charge in [0, 0.05) is 12.7 Å². The van der Waals surface area contributed by atoms with E-state index in [1.54, 1.807) is 24.4 Å². The van der Waals surface area contributed by atoms with E-state index in [2.05, 4.69) is 10.4 Å². The third-order valence-corrected chi connectivity index (χ3v) is 3.76. The molecule has 5 nitrogen and oxygen atoms in total. The lowest BCUT2D eigenvalue weighted by molar-refractivity contribution is -0.0300. The molecule has 110 valence electrons. The van der Waals surface area contributed by atoms with Crippen molar-refractivity contribution in [3.63, 3.8) is 0 Å². The van der Waals surface area contributed by atoms with E-state index >= 15 is 0 Å². The fourth-order valence-corrected chi connectivity index (χ4v) is 2.30. The number of benzene rings is 1. The standard InChI is InChI=1S/C15H16FN3O2/c16-11-3-1-4-12(9-11)19-8-5-13(18-19)14(20)17-10-15(21)6-2-7-15/h1,3-5,8-9,21H,2,6-7,10H2,(H,17,20). The SMILES string of the molecule is O=C(NCC1(O)CCC1)c1ccn(-c2cccc(F)c2)n1. The summed E-state index contributed by atoms with van der Waals surface area (Å²) < 4.78 is 14.6. The Kier molecular flexibility index (Phi) is 3.47. The van der Waals surface area contributed by atoms with Crippen molar-refractivity contribution in [2.75, 3.05) is 6.54 Å². The van der Waals surface area contributed by atoms with Crippen LogP contribution in [0, 0.1) is 5.82 Å². The maximum absolute atomic E-state index is 13.2. The van der Waals surface area contributed by atoms with Crippen molar-refractivity contribution in [1.82, 2.24) is 15.1 Å². The predicted molar refractivity (Wildman–Crippen MR) is 74.7 cm³/mol. The Morgan fingerprint density at radius 3 is 2.90 bits per heavy atom. The van der Waals surface area contributed by atoms with Crippen LogP contribution in [0.1, 0.15) is 29.8 Å². The van der Waals surface area contributed by atoms with Crippen molar-refractivity contribution in [3.05, 3.63) is 48.0 Å². The Morgan fingerprint density at radius 2 is 2.24 bits per heavy atom. The molecule has 1 aliphatic rings. The van der Waals surface area contributed by atoms with Crippen LogP contribution in [-0.4, -0.2) is 32.9 Å². The van der Waals surface area contributed by atoms with Crippen LogP contribution in [0.2, 0.25) is 0 Å². The van der Waals surface area contributed by atoms with Crippen LogP contribution < -0.4 is 5.32 Å². The summed E-state index contributed by atoms with van der Waals surface area (Å²) in [5.41, 5.74) is 0.0229. The average molecular weight is 289 g/mol. The maximum atomic E-state index is 13.2. The highest BCUT2D eigenvalue weighted by Crippen LogP contribution is 2.30. The molecule has 0 aliphatic heterocycles. The zero-order valence-corrected chi connectivity index (χ0v) is 11.4. The van der Waals surface area contributed by atoms with E-state index in [9.17, 15) is 14.3 Å². The van der Waals surface area contributed by atoms with Crippen molar-refractivity contribution < 1.29 is 14.3 Å². The number of carbonyl (C=O) groups excluding carboxylic acids is 1. The normalized spacial score (nSPS) is 16.3. The summed E-state index contributed by atoms with van der Waals surface area (Å²) in [6.07, 6.45) is 4.01. The first-order valence-corrected chi connectivity index (χ1v) is 6.88. The summed E-state index contributed by atoms with van der Waals surface area (Å²) >= 11 is 0. The van der Waals surface area contributed by atoms with Gasteiger partial charge >= 0.3 is 0 Å². The molecule has 2 aromatic rings. The van der Waals surface area contributed by atoms with Crippen molar-refractivity contribution in [2.24, 2.45) is 0 Å². The third kappa shape index (κ3) is 2.95. The quantitative estimate of drug-likeness (QED) is 0.899. The molecule has 0 unspecified atom stereocenters. The zero-order chi connectivity index (χ0) is 14.9. The molecule has 1 amide bonds. The van der Waals surface area contributed by atoms with Crippen molar-refractivity contribution in [1.29, 1.82) is 0 Å². The zero-order valence-electron chi connectivity index (χ0n) is 11.4. The predicted octanol–water partition coefficient (Wildman–Crippen LogP) is 1.66. The van der Waals surface area contributed by atoms with Crippen LogP contribution in [0.3, 0.4) is 0 Å². The number of halogens is 1. The molecular formula is C15H16FN3O2. The lowest BCUT2D eigenvalue weighted by atomic mass is 9.80. The summed E-state index contributed by atoms with van der Waals surface area (Å²) in [6, 6.07) is 7.53. The number of aliphatic hydroxyl groups is 1. The number of hydrogen-bond acceptors (Lipinski definition) is 3. The Hall–Kier alpha value is -2.21. The molecule has 0 atom stereocenters. The smallest absolute Gasteiger partial charge is 0.271 e. The van der Waals surface area contributed by atoms with Crippen LogP contribution in [0.15, 0.2) is 36.5 Å².